The Morgan fingerprint density at radius 3 is 2.33 bits per heavy atom. The van der Waals surface area contributed by atoms with Crippen molar-refractivity contribution in [2.75, 3.05) is 12.8 Å². The molecular formula is C12H13NOS. The van der Waals surface area contributed by atoms with Crippen molar-refractivity contribution in [3.8, 4) is 16.9 Å². The normalized spacial score (nSPS) is 10.3. The second kappa shape index (κ2) is 3.95. The van der Waals surface area contributed by atoms with Gasteiger partial charge in [-0.15, -0.1) is 11.3 Å². The molecule has 0 bridgehead atoms. The van der Waals surface area contributed by atoms with Crippen LogP contribution in [-0.4, -0.2) is 7.11 Å². The third-order valence-corrected chi connectivity index (χ3v) is 3.22. The smallest absolute Gasteiger partial charge is 0.118 e. The maximum absolute atomic E-state index is 5.77. The topological polar surface area (TPSA) is 35.2 Å². The Bertz CT molecular complexity index is 459. The molecule has 1 aromatic heterocycles. The molecule has 0 unspecified atom stereocenters. The Labute approximate surface area is 93.3 Å². The average molecular weight is 219 g/mol. The van der Waals surface area contributed by atoms with Crippen molar-refractivity contribution in [1.29, 1.82) is 0 Å². The molecule has 0 aliphatic heterocycles. The summed E-state index contributed by atoms with van der Waals surface area (Å²) < 4.78 is 5.12. The molecule has 3 heteroatoms. The zero-order valence-corrected chi connectivity index (χ0v) is 9.60. The number of nitrogens with two attached hydrogens (primary N) is 1. The molecule has 2 nitrogen and oxygen atoms in total. The summed E-state index contributed by atoms with van der Waals surface area (Å²) in [5.41, 5.74) is 8.16. The van der Waals surface area contributed by atoms with Crippen LogP contribution in [0.4, 0.5) is 5.00 Å². The molecule has 2 N–H and O–H groups in total. The number of methoxy groups -OCH3 is 1. The Kier molecular flexibility index (Phi) is 2.64. The molecule has 0 amide bonds. The first kappa shape index (κ1) is 10.1. The molecule has 0 spiro atoms. The molecule has 0 aliphatic carbocycles. The van der Waals surface area contributed by atoms with Crippen LogP contribution in [-0.2, 0) is 0 Å². The van der Waals surface area contributed by atoms with E-state index >= 15 is 0 Å². The predicted octanol–water partition coefficient (Wildman–Crippen LogP) is 3.31. The number of thiophene rings is 1. The van der Waals surface area contributed by atoms with E-state index in [1.54, 1.807) is 18.4 Å². The van der Waals surface area contributed by atoms with Gasteiger partial charge in [0.15, 0.2) is 0 Å². The van der Waals surface area contributed by atoms with Crippen molar-refractivity contribution >= 4 is 16.3 Å². The number of rotatable bonds is 2. The molecule has 1 heterocycles. The third-order valence-electron chi connectivity index (χ3n) is 2.34. The highest BCUT2D eigenvalue weighted by molar-refractivity contribution is 7.16. The number of ether oxygens (including phenoxy) is 1. The molecule has 0 aliphatic rings. The van der Waals surface area contributed by atoms with Crippen LogP contribution >= 0.6 is 11.3 Å². The van der Waals surface area contributed by atoms with Crippen molar-refractivity contribution in [2.45, 2.75) is 6.92 Å². The molecule has 1 aromatic carbocycles. The fraction of sp³-hybridized carbons (Fsp3) is 0.167. The van der Waals surface area contributed by atoms with E-state index in [1.807, 2.05) is 30.3 Å². The summed E-state index contributed by atoms with van der Waals surface area (Å²) in [4.78, 5) is 1.25. The molecule has 0 saturated carbocycles. The van der Waals surface area contributed by atoms with E-state index in [1.165, 1.54) is 16.0 Å². The van der Waals surface area contributed by atoms with E-state index in [0.29, 0.717) is 0 Å². The van der Waals surface area contributed by atoms with E-state index in [4.69, 9.17) is 10.5 Å². The number of nitrogen functional groups attached to an aromatic ring is 1. The molecule has 0 saturated heterocycles. The van der Waals surface area contributed by atoms with E-state index in [0.717, 1.165) is 10.8 Å². The standard InChI is InChI=1S/C12H13NOS/c1-8-11(7-12(13)15-8)9-3-5-10(14-2)6-4-9/h3-7H,13H2,1-2H3. The fourth-order valence-electron chi connectivity index (χ4n) is 1.56. The highest BCUT2D eigenvalue weighted by Gasteiger charge is 2.05. The zero-order valence-electron chi connectivity index (χ0n) is 8.78. The van der Waals surface area contributed by atoms with E-state index < -0.39 is 0 Å². The molecule has 0 radical (unpaired) electrons. The van der Waals surface area contributed by atoms with Crippen molar-refractivity contribution in [2.24, 2.45) is 0 Å². The highest BCUT2D eigenvalue weighted by atomic mass is 32.1. The van der Waals surface area contributed by atoms with Gasteiger partial charge in [0.2, 0.25) is 0 Å². The monoisotopic (exact) mass is 219 g/mol. The van der Waals surface area contributed by atoms with Crippen LogP contribution in [0.15, 0.2) is 30.3 Å². The van der Waals surface area contributed by atoms with Crippen LogP contribution in [0.1, 0.15) is 4.88 Å². The van der Waals surface area contributed by atoms with Gasteiger partial charge in [0.1, 0.15) is 5.75 Å². The number of hydrogen-bond donors (Lipinski definition) is 1. The summed E-state index contributed by atoms with van der Waals surface area (Å²) in [7, 11) is 1.67. The van der Waals surface area contributed by atoms with Gasteiger partial charge in [0, 0.05) is 4.88 Å². The first-order chi connectivity index (χ1) is 7.20. The molecular weight excluding hydrogens is 206 g/mol. The SMILES string of the molecule is COc1ccc(-c2cc(N)sc2C)cc1. The second-order valence-electron chi connectivity index (χ2n) is 3.35. The summed E-state index contributed by atoms with van der Waals surface area (Å²) in [6.07, 6.45) is 0. The molecule has 0 fully saturated rings. The molecule has 2 aromatic rings. The average Bonchev–Trinajstić information content (AvgIpc) is 2.58. The minimum Gasteiger partial charge on any atom is -0.497 e. The maximum atomic E-state index is 5.77. The summed E-state index contributed by atoms with van der Waals surface area (Å²) in [6, 6.07) is 10.0. The van der Waals surface area contributed by atoms with Gasteiger partial charge >= 0.3 is 0 Å². The van der Waals surface area contributed by atoms with Crippen LogP contribution < -0.4 is 10.5 Å². The Hall–Kier alpha value is -1.48. The Morgan fingerprint density at radius 1 is 1.20 bits per heavy atom. The summed E-state index contributed by atoms with van der Waals surface area (Å²) in [6.45, 7) is 2.08. The van der Waals surface area contributed by atoms with Gasteiger partial charge in [0.25, 0.3) is 0 Å². The lowest BCUT2D eigenvalue weighted by molar-refractivity contribution is 0.415. The van der Waals surface area contributed by atoms with Gasteiger partial charge in [-0.2, -0.15) is 0 Å². The number of hydrogen-bond acceptors (Lipinski definition) is 3. The Morgan fingerprint density at radius 2 is 1.87 bits per heavy atom. The largest absolute Gasteiger partial charge is 0.497 e. The highest BCUT2D eigenvalue weighted by Crippen LogP contribution is 2.32. The van der Waals surface area contributed by atoms with Crippen LogP contribution in [0.3, 0.4) is 0 Å². The van der Waals surface area contributed by atoms with Gasteiger partial charge < -0.3 is 10.5 Å². The molecule has 2 rings (SSSR count). The van der Waals surface area contributed by atoms with Crippen LogP contribution in [0, 0.1) is 6.92 Å². The molecule has 0 atom stereocenters. The number of benzene rings is 1. The minimum absolute atomic E-state index is 0.860. The minimum atomic E-state index is 0.860. The number of aryl methyl sites for hydroxylation is 1. The Balaban J connectivity index is 2.41. The lowest BCUT2D eigenvalue weighted by Crippen LogP contribution is -1.82. The van der Waals surface area contributed by atoms with E-state index in [-0.39, 0.29) is 0 Å². The van der Waals surface area contributed by atoms with E-state index in [2.05, 4.69) is 6.92 Å². The zero-order chi connectivity index (χ0) is 10.8. The lowest BCUT2D eigenvalue weighted by atomic mass is 10.1. The van der Waals surface area contributed by atoms with Crippen LogP contribution in [0.5, 0.6) is 5.75 Å². The second-order valence-corrected chi connectivity index (χ2v) is 4.64. The van der Waals surface area contributed by atoms with Crippen LogP contribution in [0.2, 0.25) is 0 Å². The summed E-state index contributed by atoms with van der Waals surface area (Å²) >= 11 is 1.62. The van der Waals surface area contributed by atoms with Crippen molar-refractivity contribution < 1.29 is 4.74 Å². The third kappa shape index (κ3) is 1.97. The fourth-order valence-corrected chi connectivity index (χ4v) is 2.38. The summed E-state index contributed by atoms with van der Waals surface area (Å²) in [5.74, 6) is 0.875. The molecule has 78 valence electrons. The van der Waals surface area contributed by atoms with Gasteiger partial charge in [-0.05, 0) is 36.2 Å². The quantitative estimate of drug-likeness (QED) is 0.841. The van der Waals surface area contributed by atoms with Crippen LogP contribution in [0.25, 0.3) is 11.1 Å². The van der Waals surface area contributed by atoms with Gasteiger partial charge in [0.05, 0.1) is 12.1 Å². The van der Waals surface area contributed by atoms with Crippen molar-refractivity contribution in [1.82, 2.24) is 0 Å². The first-order valence-electron chi connectivity index (χ1n) is 4.71. The molecule has 15 heavy (non-hydrogen) atoms. The number of anilines is 1. The van der Waals surface area contributed by atoms with E-state index in [9.17, 15) is 0 Å². The predicted molar refractivity (Wildman–Crippen MR) is 65.5 cm³/mol. The van der Waals surface area contributed by atoms with Gasteiger partial charge in [-0.1, -0.05) is 12.1 Å². The maximum Gasteiger partial charge on any atom is 0.118 e. The lowest BCUT2D eigenvalue weighted by Gasteiger charge is -2.02. The van der Waals surface area contributed by atoms with Gasteiger partial charge in [-0.3, -0.25) is 0 Å². The first-order valence-corrected chi connectivity index (χ1v) is 5.52. The van der Waals surface area contributed by atoms with Crippen molar-refractivity contribution in [3.63, 3.8) is 0 Å². The van der Waals surface area contributed by atoms with Gasteiger partial charge in [-0.25, -0.2) is 0 Å². The summed E-state index contributed by atoms with van der Waals surface area (Å²) in [5, 5.41) is 0.860. The van der Waals surface area contributed by atoms with Crippen molar-refractivity contribution in [3.05, 3.63) is 35.2 Å².